The van der Waals surface area contributed by atoms with Crippen LogP contribution in [0.5, 0.6) is 0 Å². The Morgan fingerprint density at radius 1 is 1.61 bits per heavy atom. The summed E-state index contributed by atoms with van der Waals surface area (Å²) in [5.74, 6) is -1.03. The van der Waals surface area contributed by atoms with Crippen molar-refractivity contribution < 1.29 is 14.3 Å². The molecule has 1 unspecified atom stereocenters. The average Bonchev–Trinajstić information content (AvgIpc) is 2.74. The van der Waals surface area contributed by atoms with E-state index in [4.69, 9.17) is 0 Å². The zero-order valence-electron chi connectivity index (χ0n) is 10.3. The number of rotatable bonds is 3. The molecule has 2 rings (SSSR count). The third-order valence-electron chi connectivity index (χ3n) is 3.17. The van der Waals surface area contributed by atoms with Gasteiger partial charge in [0.15, 0.2) is 0 Å². The lowest BCUT2D eigenvalue weighted by Crippen LogP contribution is -2.44. The van der Waals surface area contributed by atoms with E-state index in [0.717, 1.165) is 12.1 Å². The third-order valence-corrected chi connectivity index (χ3v) is 3.17. The summed E-state index contributed by atoms with van der Waals surface area (Å²) < 4.78 is 13.6. The van der Waals surface area contributed by atoms with Gasteiger partial charge < -0.3 is 15.7 Å². The molecule has 1 amide bonds. The Balaban J connectivity index is 1.99. The zero-order chi connectivity index (χ0) is 13.2. The zero-order valence-corrected chi connectivity index (χ0v) is 10.3. The lowest BCUT2D eigenvalue weighted by atomic mass is 10.0. The first-order valence-electron chi connectivity index (χ1n) is 5.98. The van der Waals surface area contributed by atoms with Gasteiger partial charge in [-0.05, 0) is 37.6 Å². The van der Waals surface area contributed by atoms with Crippen molar-refractivity contribution in [1.29, 1.82) is 0 Å². The average molecular weight is 252 g/mol. The molecule has 0 spiro atoms. The second-order valence-electron chi connectivity index (χ2n) is 4.82. The predicted octanol–water partition coefficient (Wildman–Crippen LogP) is 0.588. The van der Waals surface area contributed by atoms with Crippen molar-refractivity contribution in [2.45, 2.75) is 18.9 Å². The van der Waals surface area contributed by atoms with Crippen molar-refractivity contribution in [1.82, 2.24) is 10.6 Å². The monoisotopic (exact) mass is 252 g/mol. The number of amides is 1. The summed E-state index contributed by atoms with van der Waals surface area (Å²) in [5.41, 5.74) is -0.144. The molecule has 0 aliphatic carbocycles. The molecule has 1 aliphatic rings. The highest BCUT2D eigenvalue weighted by atomic mass is 19.1. The van der Waals surface area contributed by atoms with Crippen LogP contribution >= 0.6 is 0 Å². The summed E-state index contributed by atoms with van der Waals surface area (Å²) in [6.07, 6.45) is 0.587. The molecule has 98 valence electrons. The molecule has 5 heteroatoms. The number of aryl methyl sites for hydroxylation is 1. The number of benzene rings is 1. The van der Waals surface area contributed by atoms with Crippen molar-refractivity contribution in [3.63, 3.8) is 0 Å². The van der Waals surface area contributed by atoms with Crippen molar-refractivity contribution in [3.05, 3.63) is 35.1 Å². The van der Waals surface area contributed by atoms with Gasteiger partial charge in [0, 0.05) is 13.1 Å². The highest BCUT2D eigenvalue weighted by molar-refractivity contribution is 5.94. The van der Waals surface area contributed by atoms with Gasteiger partial charge in [-0.1, -0.05) is 6.07 Å². The molecule has 0 aromatic heterocycles. The Labute approximate surface area is 105 Å². The first-order chi connectivity index (χ1) is 8.50. The summed E-state index contributed by atoms with van der Waals surface area (Å²) >= 11 is 0. The van der Waals surface area contributed by atoms with Crippen LogP contribution in [0.4, 0.5) is 4.39 Å². The molecule has 0 bridgehead atoms. The Morgan fingerprint density at radius 3 is 3.00 bits per heavy atom. The van der Waals surface area contributed by atoms with Crippen LogP contribution in [0.15, 0.2) is 18.2 Å². The number of halogens is 1. The lowest BCUT2D eigenvalue weighted by Gasteiger charge is -2.21. The number of nitrogens with one attached hydrogen (secondary N) is 2. The molecule has 1 aromatic rings. The molecule has 1 aromatic carbocycles. The summed E-state index contributed by atoms with van der Waals surface area (Å²) in [5, 5.41) is 15.6. The second kappa shape index (κ2) is 5.04. The van der Waals surface area contributed by atoms with Gasteiger partial charge in [-0.2, -0.15) is 0 Å². The Kier molecular flexibility index (Phi) is 3.63. The van der Waals surface area contributed by atoms with Crippen molar-refractivity contribution in [2.24, 2.45) is 0 Å². The van der Waals surface area contributed by atoms with Gasteiger partial charge in [0.25, 0.3) is 5.91 Å². The van der Waals surface area contributed by atoms with E-state index in [0.29, 0.717) is 13.0 Å². The van der Waals surface area contributed by atoms with Crippen molar-refractivity contribution >= 4 is 5.91 Å². The number of hydrogen-bond donors (Lipinski definition) is 3. The number of carbonyl (C=O) groups excluding carboxylic acids is 1. The van der Waals surface area contributed by atoms with Crippen LogP contribution in [0.25, 0.3) is 0 Å². The van der Waals surface area contributed by atoms with Crippen LogP contribution < -0.4 is 10.6 Å². The largest absolute Gasteiger partial charge is 0.387 e. The molecule has 4 nitrogen and oxygen atoms in total. The maximum absolute atomic E-state index is 13.6. The fourth-order valence-electron chi connectivity index (χ4n) is 2.03. The standard InChI is InChI=1S/C13H17FN2O2/c1-9-2-3-10(11(14)6-9)12(17)16-8-13(18)4-5-15-7-13/h2-3,6,15,18H,4-5,7-8H2,1H3,(H,16,17). The van der Waals surface area contributed by atoms with Crippen LogP contribution in [0, 0.1) is 12.7 Å². The highest BCUT2D eigenvalue weighted by Crippen LogP contribution is 2.14. The highest BCUT2D eigenvalue weighted by Gasteiger charge is 2.31. The van der Waals surface area contributed by atoms with E-state index in [1.807, 2.05) is 0 Å². The van der Waals surface area contributed by atoms with E-state index in [9.17, 15) is 14.3 Å². The van der Waals surface area contributed by atoms with Crippen molar-refractivity contribution in [3.8, 4) is 0 Å². The Morgan fingerprint density at radius 2 is 2.39 bits per heavy atom. The number of β-amino-alcohol motifs (C(OH)–C–C–N with tert-alkyl or cyclic N) is 1. The first kappa shape index (κ1) is 13.0. The van der Waals surface area contributed by atoms with Gasteiger partial charge >= 0.3 is 0 Å². The molecule has 1 fully saturated rings. The van der Waals surface area contributed by atoms with Crippen LogP contribution in [-0.2, 0) is 0 Å². The lowest BCUT2D eigenvalue weighted by molar-refractivity contribution is 0.0560. The molecule has 0 saturated carbocycles. The van der Waals surface area contributed by atoms with E-state index in [-0.39, 0.29) is 12.1 Å². The van der Waals surface area contributed by atoms with Crippen molar-refractivity contribution in [2.75, 3.05) is 19.6 Å². The molecular formula is C13H17FN2O2. The summed E-state index contributed by atoms with van der Waals surface area (Å²) in [6.45, 7) is 3.07. The smallest absolute Gasteiger partial charge is 0.254 e. The summed E-state index contributed by atoms with van der Waals surface area (Å²) in [6, 6.07) is 4.46. The Bertz CT molecular complexity index is 456. The van der Waals surface area contributed by atoms with E-state index >= 15 is 0 Å². The van der Waals surface area contributed by atoms with E-state index in [2.05, 4.69) is 10.6 Å². The summed E-state index contributed by atoms with van der Waals surface area (Å²) in [4.78, 5) is 11.8. The SMILES string of the molecule is Cc1ccc(C(=O)NCC2(O)CCNC2)c(F)c1. The van der Waals surface area contributed by atoms with Gasteiger partial charge in [-0.25, -0.2) is 4.39 Å². The fraction of sp³-hybridized carbons (Fsp3) is 0.462. The molecule has 1 saturated heterocycles. The van der Waals surface area contributed by atoms with Crippen LogP contribution in [0.3, 0.4) is 0 Å². The van der Waals surface area contributed by atoms with E-state index in [1.165, 1.54) is 12.1 Å². The first-order valence-corrected chi connectivity index (χ1v) is 5.98. The van der Waals surface area contributed by atoms with Gasteiger partial charge in [0.1, 0.15) is 5.82 Å². The predicted molar refractivity (Wildman–Crippen MR) is 65.9 cm³/mol. The van der Waals surface area contributed by atoms with Gasteiger partial charge in [0.05, 0.1) is 11.2 Å². The number of carbonyl (C=O) groups is 1. The van der Waals surface area contributed by atoms with Gasteiger partial charge in [0.2, 0.25) is 0 Å². The fourth-order valence-corrected chi connectivity index (χ4v) is 2.03. The van der Waals surface area contributed by atoms with Crippen LogP contribution in [0.2, 0.25) is 0 Å². The molecule has 18 heavy (non-hydrogen) atoms. The Hall–Kier alpha value is -1.46. The minimum atomic E-state index is -0.920. The minimum absolute atomic E-state index is 0.00940. The van der Waals surface area contributed by atoms with Crippen LogP contribution in [0.1, 0.15) is 22.3 Å². The maximum atomic E-state index is 13.6. The third kappa shape index (κ3) is 2.86. The van der Waals surface area contributed by atoms with Gasteiger partial charge in [-0.15, -0.1) is 0 Å². The topological polar surface area (TPSA) is 61.4 Å². The molecular weight excluding hydrogens is 235 g/mol. The number of hydrogen-bond acceptors (Lipinski definition) is 3. The van der Waals surface area contributed by atoms with E-state index < -0.39 is 17.3 Å². The molecule has 0 radical (unpaired) electrons. The quantitative estimate of drug-likeness (QED) is 0.738. The summed E-state index contributed by atoms with van der Waals surface area (Å²) in [7, 11) is 0. The van der Waals surface area contributed by atoms with Crippen LogP contribution in [-0.4, -0.2) is 36.2 Å². The molecule has 3 N–H and O–H groups in total. The molecule has 1 heterocycles. The second-order valence-corrected chi connectivity index (χ2v) is 4.82. The minimum Gasteiger partial charge on any atom is -0.387 e. The number of aliphatic hydroxyl groups is 1. The normalized spacial score (nSPS) is 23.1. The van der Waals surface area contributed by atoms with E-state index in [1.54, 1.807) is 13.0 Å². The molecule has 1 atom stereocenters. The maximum Gasteiger partial charge on any atom is 0.254 e. The van der Waals surface area contributed by atoms with Gasteiger partial charge in [-0.3, -0.25) is 4.79 Å². The molecule has 1 aliphatic heterocycles.